The largest absolute Gasteiger partial charge is 0.368 e. The summed E-state index contributed by atoms with van der Waals surface area (Å²) in [6, 6.07) is 15.6. The van der Waals surface area contributed by atoms with Crippen LogP contribution in [0.3, 0.4) is 0 Å². The molecule has 0 spiro atoms. The molecule has 146 valence electrons. The van der Waals surface area contributed by atoms with Crippen LogP contribution in [0.5, 0.6) is 0 Å². The molecule has 2 saturated heterocycles. The Morgan fingerprint density at radius 2 is 1.71 bits per heavy atom. The van der Waals surface area contributed by atoms with Gasteiger partial charge in [-0.3, -0.25) is 9.59 Å². The molecule has 1 unspecified atom stereocenters. The third-order valence-electron chi connectivity index (χ3n) is 5.57. The van der Waals surface area contributed by atoms with Crippen molar-refractivity contribution in [2.45, 2.75) is 13.3 Å². The molecule has 0 aromatic heterocycles. The number of aryl methyl sites for hydroxylation is 1. The molecular weight excluding hydrogens is 374 g/mol. The second-order valence-corrected chi connectivity index (χ2v) is 7.97. The Kier molecular flexibility index (Phi) is 5.27. The molecule has 2 aromatic rings. The number of anilines is 2. The van der Waals surface area contributed by atoms with Crippen molar-refractivity contribution in [3.05, 3.63) is 59.1 Å². The predicted octanol–water partition coefficient (Wildman–Crippen LogP) is 3.35. The Balaban J connectivity index is 1.36. The molecule has 0 aliphatic carbocycles. The Labute approximate surface area is 170 Å². The lowest BCUT2D eigenvalue weighted by molar-refractivity contribution is -0.136. The summed E-state index contributed by atoms with van der Waals surface area (Å²) in [6.07, 6.45) is 0.277. The number of amides is 2. The smallest absolute Gasteiger partial charge is 0.228 e. The zero-order valence-electron chi connectivity index (χ0n) is 16.0. The maximum Gasteiger partial charge on any atom is 0.228 e. The number of hydrogen-bond acceptors (Lipinski definition) is 3. The molecule has 2 fully saturated rings. The van der Waals surface area contributed by atoms with Gasteiger partial charge in [-0.15, -0.1) is 0 Å². The molecule has 2 aliphatic heterocycles. The van der Waals surface area contributed by atoms with E-state index >= 15 is 0 Å². The minimum atomic E-state index is -0.270. The van der Waals surface area contributed by atoms with Crippen molar-refractivity contribution in [3.8, 4) is 0 Å². The Morgan fingerprint density at radius 1 is 1.00 bits per heavy atom. The molecule has 0 N–H and O–H groups in total. The molecule has 1 atom stereocenters. The number of nitrogens with zero attached hydrogens (tertiary/aromatic N) is 3. The van der Waals surface area contributed by atoms with Gasteiger partial charge in [-0.1, -0.05) is 23.7 Å². The van der Waals surface area contributed by atoms with Crippen molar-refractivity contribution >= 4 is 34.8 Å². The van der Waals surface area contributed by atoms with Crippen molar-refractivity contribution in [1.29, 1.82) is 0 Å². The van der Waals surface area contributed by atoms with E-state index in [0.29, 0.717) is 24.7 Å². The molecule has 2 aromatic carbocycles. The van der Waals surface area contributed by atoms with Crippen LogP contribution < -0.4 is 9.80 Å². The molecular formula is C22H24ClN3O2. The third kappa shape index (κ3) is 3.85. The molecule has 2 heterocycles. The highest BCUT2D eigenvalue weighted by Crippen LogP contribution is 2.28. The van der Waals surface area contributed by atoms with E-state index in [1.165, 1.54) is 11.3 Å². The average molecular weight is 398 g/mol. The second-order valence-electron chi connectivity index (χ2n) is 7.53. The van der Waals surface area contributed by atoms with Crippen LogP contribution in [0.4, 0.5) is 11.4 Å². The molecule has 28 heavy (non-hydrogen) atoms. The molecule has 0 bridgehead atoms. The summed E-state index contributed by atoms with van der Waals surface area (Å²) in [6.45, 7) is 5.55. The van der Waals surface area contributed by atoms with Gasteiger partial charge in [-0.25, -0.2) is 0 Å². The first-order valence-electron chi connectivity index (χ1n) is 9.67. The molecule has 4 rings (SSSR count). The summed E-state index contributed by atoms with van der Waals surface area (Å²) in [5.74, 6) is -0.179. The molecule has 0 radical (unpaired) electrons. The van der Waals surface area contributed by atoms with E-state index in [-0.39, 0.29) is 24.2 Å². The van der Waals surface area contributed by atoms with E-state index in [0.717, 1.165) is 18.8 Å². The Morgan fingerprint density at radius 3 is 2.39 bits per heavy atom. The number of carbonyl (C=O) groups excluding carboxylic acids is 2. The third-order valence-corrected chi connectivity index (χ3v) is 5.82. The monoisotopic (exact) mass is 397 g/mol. The summed E-state index contributed by atoms with van der Waals surface area (Å²) in [4.78, 5) is 31.3. The van der Waals surface area contributed by atoms with Crippen LogP contribution in [0.2, 0.25) is 5.02 Å². The summed E-state index contributed by atoms with van der Waals surface area (Å²) in [7, 11) is 0. The summed E-state index contributed by atoms with van der Waals surface area (Å²) in [5.41, 5.74) is 3.24. The van der Waals surface area contributed by atoms with Crippen LogP contribution >= 0.6 is 11.6 Å². The minimum absolute atomic E-state index is 0.000862. The average Bonchev–Trinajstić information content (AvgIpc) is 3.10. The van der Waals surface area contributed by atoms with Crippen LogP contribution in [0.1, 0.15) is 12.0 Å². The van der Waals surface area contributed by atoms with Crippen LogP contribution in [0, 0.1) is 12.8 Å². The number of benzene rings is 2. The van der Waals surface area contributed by atoms with Crippen LogP contribution in [-0.2, 0) is 9.59 Å². The van der Waals surface area contributed by atoms with Gasteiger partial charge in [0, 0.05) is 55.5 Å². The quantitative estimate of drug-likeness (QED) is 0.797. The fraction of sp³-hybridized carbons (Fsp3) is 0.364. The highest BCUT2D eigenvalue weighted by atomic mass is 35.5. The van der Waals surface area contributed by atoms with Crippen LogP contribution in [0.15, 0.2) is 48.5 Å². The van der Waals surface area contributed by atoms with Gasteiger partial charge in [0.2, 0.25) is 11.8 Å². The van der Waals surface area contributed by atoms with E-state index in [4.69, 9.17) is 11.6 Å². The van der Waals surface area contributed by atoms with Gasteiger partial charge >= 0.3 is 0 Å². The van der Waals surface area contributed by atoms with Gasteiger partial charge in [-0.05, 0) is 48.9 Å². The first-order chi connectivity index (χ1) is 13.5. The van der Waals surface area contributed by atoms with Crippen LogP contribution in [-0.4, -0.2) is 49.4 Å². The summed E-state index contributed by atoms with van der Waals surface area (Å²) in [5, 5.41) is 0.634. The van der Waals surface area contributed by atoms with Crippen molar-refractivity contribution in [3.63, 3.8) is 0 Å². The lowest BCUT2D eigenvalue weighted by Gasteiger charge is -2.37. The van der Waals surface area contributed by atoms with Gasteiger partial charge in [0.15, 0.2) is 0 Å². The fourth-order valence-corrected chi connectivity index (χ4v) is 4.14. The number of halogens is 1. The number of hydrogen-bond donors (Lipinski definition) is 0. The topological polar surface area (TPSA) is 43.9 Å². The summed E-state index contributed by atoms with van der Waals surface area (Å²) < 4.78 is 0. The van der Waals surface area contributed by atoms with Gasteiger partial charge in [0.25, 0.3) is 0 Å². The fourth-order valence-electron chi connectivity index (χ4n) is 4.01. The molecule has 0 saturated carbocycles. The van der Waals surface area contributed by atoms with E-state index in [9.17, 15) is 9.59 Å². The normalized spacial score (nSPS) is 20.0. The van der Waals surface area contributed by atoms with Crippen LogP contribution in [0.25, 0.3) is 0 Å². The summed E-state index contributed by atoms with van der Waals surface area (Å²) >= 11 is 5.93. The minimum Gasteiger partial charge on any atom is -0.368 e. The van der Waals surface area contributed by atoms with E-state index in [1.54, 1.807) is 17.0 Å². The molecule has 5 nitrogen and oxygen atoms in total. The maximum absolute atomic E-state index is 13.0. The van der Waals surface area contributed by atoms with Gasteiger partial charge < -0.3 is 14.7 Å². The number of piperazine rings is 1. The lowest BCUT2D eigenvalue weighted by Crippen LogP contribution is -2.50. The highest BCUT2D eigenvalue weighted by Gasteiger charge is 2.37. The van der Waals surface area contributed by atoms with Gasteiger partial charge in [-0.2, -0.15) is 0 Å². The van der Waals surface area contributed by atoms with Crippen molar-refractivity contribution in [1.82, 2.24) is 4.90 Å². The maximum atomic E-state index is 13.0. The molecule has 2 aliphatic rings. The highest BCUT2D eigenvalue weighted by molar-refractivity contribution is 6.30. The lowest BCUT2D eigenvalue weighted by atomic mass is 10.1. The SMILES string of the molecule is Cc1cccc(N2CCN(C(=O)C3CC(=O)N(c4ccc(Cl)cc4)C3)CC2)c1. The first kappa shape index (κ1) is 18.8. The molecule has 6 heteroatoms. The van der Waals surface area contributed by atoms with E-state index in [2.05, 4.69) is 36.1 Å². The van der Waals surface area contributed by atoms with E-state index in [1.807, 2.05) is 17.0 Å². The first-order valence-corrected chi connectivity index (χ1v) is 10.1. The van der Waals surface area contributed by atoms with Crippen molar-refractivity contribution < 1.29 is 9.59 Å². The van der Waals surface area contributed by atoms with Crippen molar-refractivity contribution in [2.75, 3.05) is 42.5 Å². The standard InChI is InChI=1S/C22H24ClN3O2/c1-16-3-2-4-20(13-16)24-9-11-25(12-10-24)22(28)17-14-21(27)26(15-17)19-7-5-18(23)6-8-19/h2-8,13,17H,9-12,14-15H2,1H3. The zero-order chi connectivity index (χ0) is 19.7. The number of carbonyl (C=O) groups is 2. The van der Waals surface area contributed by atoms with Crippen molar-refractivity contribution in [2.24, 2.45) is 5.92 Å². The predicted molar refractivity (Wildman–Crippen MR) is 112 cm³/mol. The molecule has 2 amide bonds. The Hall–Kier alpha value is -2.53. The van der Waals surface area contributed by atoms with Gasteiger partial charge in [0.05, 0.1) is 5.92 Å². The zero-order valence-corrected chi connectivity index (χ0v) is 16.7. The van der Waals surface area contributed by atoms with E-state index < -0.39 is 0 Å². The van der Waals surface area contributed by atoms with Gasteiger partial charge in [0.1, 0.15) is 0 Å². The second kappa shape index (κ2) is 7.84. The number of rotatable bonds is 3. The Bertz CT molecular complexity index is 876.